The number of aromatic amines is 3. The van der Waals surface area contributed by atoms with Crippen LogP contribution in [-0.4, -0.2) is 221 Å². The fourth-order valence-electron chi connectivity index (χ4n) is 12.3. The van der Waals surface area contributed by atoms with Gasteiger partial charge in [-0.25, -0.2) is 4.98 Å². The molecule has 578 valence electrons. The predicted octanol–water partition coefficient (Wildman–Crippen LogP) is 0.108. The number of phenols is 1. The molecule has 1 fully saturated rings. The third-order valence-electron chi connectivity index (χ3n) is 18.1. The molecule has 0 aliphatic carbocycles. The molecule has 1 aliphatic rings. The number of carboxylic acid groups (broad SMARTS) is 1. The zero-order valence-electron chi connectivity index (χ0n) is 60.9. The number of nitrogens with two attached hydrogens (primary N) is 1. The van der Waals surface area contributed by atoms with E-state index in [1.54, 1.807) is 76.5 Å². The van der Waals surface area contributed by atoms with Crippen LogP contribution in [0.25, 0.3) is 21.8 Å². The minimum atomic E-state index is -1.57. The first-order valence-corrected chi connectivity index (χ1v) is 37.6. The molecule has 6 aromatic rings. The summed E-state index contributed by atoms with van der Waals surface area (Å²) in [6.45, 7) is 9.99. The number of hydrogen-bond donors (Lipinski definition) is 18. The number of para-hydroxylation sites is 2. The second kappa shape index (κ2) is 40.6. The summed E-state index contributed by atoms with van der Waals surface area (Å²) in [7, 11) is 1.40. The first kappa shape index (κ1) is 84.3. The number of aromatic nitrogens is 4. The molecule has 19 N–H and O–H groups in total. The van der Waals surface area contributed by atoms with E-state index < -0.39 is 187 Å². The molecule has 13 atom stereocenters. The van der Waals surface area contributed by atoms with Crippen LogP contribution in [0.1, 0.15) is 96.5 Å². The molecule has 0 saturated carbocycles. The SMILES string of the molecule is CN[C@@H](CC(=O)O)C(=O)C1CSCSCC(N[C@H](C(C)=O)[C@@H](C)O)C(=O)[C@H](Cc2c[nH]c3ccccc23)NC(=O)[C@H](C(C)C)NC(=O)[C@H](CC(C)C)NC(=O)[C@H](CCC(N)=O)NC(=O)CNC(=O)[C@H](Cc2ccc(O)cc2)NC(=O)[C@H](Cc2cnc[nH]2)NC(=O)[C@H](Cc2c[nH]c3ccccc23)NC(=O)[C@H](C)N1. The van der Waals surface area contributed by atoms with Crippen molar-refractivity contribution in [2.24, 2.45) is 17.6 Å². The van der Waals surface area contributed by atoms with Crippen LogP contribution in [0.4, 0.5) is 0 Å². The summed E-state index contributed by atoms with van der Waals surface area (Å²) >= 11 is 2.34. The van der Waals surface area contributed by atoms with Crippen molar-refractivity contribution >= 4 is 122 Å². The van der Waals surface area contributed by atoms with E-state index in [1.165, 1.54) is 88.1 Å². The molecule has 32 nitrogen and oxygen atoms in total. The zero-order valence-corrected chi connectivity index (χ0v) is 62.5. The molecule has 2 unspecified atom stereocenters. The van der Waals surface area contributed by atoms with Crippen molar-refractivity contribution in [3.05, 3.63) is 120 Å². The van der Waals surface area contributed by atoms with E-state index in [1.807, 2.05) is 12.1 Å². The van der Waals surface area contributed by atoms with Crippen LogP contribution in [0.3, 0.4) is 0 Å². The topological polar surface area (TPSA) is 501 Å². The minimum absolute atomic E-state index is 0.0291. The lowest BCUT2D eigenvalue weighted by Crippen LogP contribution is -2.61. The maximum atomic E-state index is 15.5. The van der Waals surface area contributed by atoms with Crippen molar-refractivity contribution in [2.75, 3.05) is 30.2 Å². The number of likely N-dealkylation sites (N-methyl/N-ethyl adjacent to an activating group) is 1. The van der Waals surface area contributed by atoms with Crippen LogP contribution >= 0.6 is 23.5 Å². The number of amides is 9. The van der Waals surface area contributed by atoms with Crippen LogP contribution in [0.15, 0.2) is 97.7 Å². The summed E-state index contributed by atoms with van der Waals surface area (Å²) in [6.07, 6.45) is 2.35. The highest BCUT2D eigenvalue weighted by Gasteiger charge is 2.39. The van der Waals surface area contributed by atoms with E-state index in [4.69, 9.17) is 5.73 Å². The van der Waals surface area contributed by atoms with E-state index in [2.05, 4.69) is 78.4 Å². The standard InChI is InChI=1S/C73H98N16O16S2/c1-37(2)23-54-72(104)89-63(38(3)4)73(105)84-53(25-43-29-77-49-15-11-9-13-47(43)49)66(98)59(83-64(40(6)90)41(7)91)34-107-36-106-33-58(65(97)52(75-8)28-62(95)96)81-39(5)67(99)85-56(26-44-30-78-50-16-12-10-14-48(44)50)70(102)88-57(27-45-31-76-35-80-45)71(103)87-55(24-42-17-19-46(92)20-18-42)68(100)79-32-61(94)82-51(69(101)86-54)21-22-60(74)93/h9-20,29-31,35,37-40,51-59,63-64,75,77-78,81,83,90,92H,21-28,32-34,36H2,1-8H3,(H2,74,93)(H,76,80)(H,79,100)(H,82,94)(H,84,105)(H,85,99)(H,86,101)(H,87,103)(H,88,102)(H,89,104)(H,95,96)/t39-,40+,51-,52-,53-,54-,55-,56-,57-,58?,59?,63-,64-/m0/s1. The van der Waals surface area contributed by atoms with Crippen LogP contribution < -0.4 is 64.2 Å². The number of ketones is 3. The quantitative estimate of drug-likeness (QED) is 0.0405. The van der Waals surface area contributed by atoms with Crippen LogP contribution in [0, 0.1) is 11.8 Å². The number of aliphatic hydroxyl groups excluding tert-OH is 1. The van der Waals surface area contributed by atoms with Gasteiger partial charge in [0, 0.05) is 94.8 Å². The lowest BCUT2D eigenvalue weighted by Gasteiger charge is -2.31. The second-order valence-electron chi connectivity index (χ2n) is 27.4. The maximum absolute atomic E-state index is 15.5. The maximum Gasteiger partial charge on any atom is 0.305 e. The predicted molar refractivity (Wildman–Crippen MR) is 402 cm³/mol. The molecule has 107 heavy (non-hydrogen) atoms. The number of nitrogens with one attached hydrogen (secondary N) is 14. The molecule has 3 aromatic carbocycles. The van der Waals surface area contributed by atoms with Crippen LogP contribution in [0.2, 0.25) is 0 Å². The molecule has 0 spiro atoms. The number of Topliss-reactive ketones (excluding diaryl/α,β-unsaturated/α-hetero) is 3. The number of rotatable bonds is 23. The molecular formula is C73H98N16O16S2. The Morgan fingerprint density at radius 2 is 1.20 bits per heavy atom. The minimum Gasteiger partial charge on any atom is -0.508 e. The van der Waals surface area contributed by atoms with E-state index in [-0.39, 0.29) is 60.4 Å². The number of aliphatic hydroxyl groups is 1. The molecule has 1 saturated heterocycles. The van der Waals surface area contributed by atoms with Gasteiger partial charge in [0.1, 0.15) is 47.8 Å². The van der Waals surface area contributed by atoms with Gasteiger partial charge in [-0.3, -0.25) is 73.0 Å². The molecule has 7 rings (SSSR count). The van der Waals surface area contributed by atoms with Crippen molar-refractivity contribution in [2.45, 2.75) is 178 Å². The number of phenolic OH excluding ortho intramolecular Hbond substituents is 1. The van der Waals surface area contributed by atoms with Gasteiger partial charge >= 0.3 is 5.97 Å². The second-order valence-corrected chi connectivity index (χ2v) is 29.8. The Balaban J connectivity index is 1.30. The Morgan fingerprint density at radius 3 is 1.76 bits per heavy atom. The third-order valence-corrected chi connectivity index (χ3v) is 20.6. The van der Waals surface area contributed by atoms with Crippen molar-refractivity contribution < 1.29 is 77.6 Å². The van der Waals surface area contributed by atoms with Crippen molar-refractivity contribution in [3.8, 4) is 5.75 Å². The number of thioether (sulfide) groups is 2. The average molecular weight is 1520 g/mol. The highest BCUT2D eigenvalue weighted by molar-refractivity contribution is 8.16. The lowest BCUT2D eigenvalue weighted by atomic mass is 9.95. The molecular weight excluding hydrogens is 1420 g/mol. The number of aromatic hydroxyl groups is 1. The number of imidazole rings is 1. The Morgan fingerprint density at radius 1 is 0.645 bits per heavy atom. The average Bonchev–Trinajstić information content (AvgIpc) is 1.64. The number of carbonyl (C=O) groups is 13. The fraction of sp³-hybridized carbons (Fsp3) is 0.479. The van der Waals surface area contributed by atoms with Gasteiger partial charge in [-0.15, -0.1) is 23.5 Å². The zero-order chi connectivity index (χ0) is 78.2. The summed E-state index contributed by atoms with van der Waals surface area (Å²) in [6, 6.07) is 3.24. The Hall–Kier alpha value is -10.0. The van der Waals surface area contributed by atoms with Crippen LogP contribution in [0.5, 0.6) is 5.75 Å². The number of nitrogens with zero attached hydrogens (tertiary/aromatic N) is 1. The number of hydrogen-bond acceptors (Lipinski definition) is 21. The molecule has 1 aliphatic heterocycles. The highest BCUT2D eigenvalue weighted by atomic mass is 32.2. The summed E-state index contributed by atoms with van der Waals surface area (Å²) in [5.41, 5.74) is 8.85. The molecule has 0 bridgehead atoms. The number of benzene rings is 3. The van der Waals surface area contributed by atoms with Gasteiger partial charge in [-0.05, 0) is 93.5 Å². The van der Waals surface area contributed by atoms with Gasteiger partial charge < -0.3 is 83.9 Å². The van der Waals surface area contributed by atoms with Gasteiger partial charge in [0.05, 0.1) is 61.6 Å². The smallest absolute Gasteiger partial charge is 0.305 e. The number of primary amides is 1. The van der Waals surface area contributed by atoms with Gasteiger partial charge in [0.15, 0.2) is 11.6 Å². The highest BCUT2D eigenvalue weighted by Crippen LogP contribution is 2.24. The molecule has 34 heteroatoms. The first-order valence-electron chi connectivity index (χ1n) is 35.2. The fourth-order valence-corrected chi connectivity index (χ4v) is 14.6. The summed E-state index contributed by atoms with van der Waals surface area (Å²) < 4.78 is 0. The monoisotopic (exact) mass is 1520 g/mol. The van der Waals surface area contributed by atoms with Gasteiger partial charge in [-0.2, -0.15) is 0 Å². The Labute approximate surface area is 626 Å². The van der Waals surface area contributed by atoms with Gasteiger partial charge in [0.2, 0.25) is 53.2 Å². The van der Waals surface area contributed by atoms with Gasteiger partial charge in [-0.1, -0.05) is 76.2 Å². The number of carbonyl (C=O) groups excluding carboxylic acids is 12. The molecule has 9 amide bonds. The van der Waals surface area contributed by atoms with E-state index in [0.717, 1.165) is 0 Å². The van der Waals surface area contributed by atoms with Gasteiger partial charge in [0.25, 0.3) is 0 Å². The first-order chi connectivity index (χ1) is 50.9. The number of fused-ring (bicyclic) bond motifs is 2. The summed E-state index contributed by atoms with van der Waals surface area (Å²) in [4.78, 5) is 199. The van der Waals surface area contributed by atoms with E-state index >= 15 is 14.4 Å². The molecule has 4 heterocycles. The normalized spacial score (nSPS) is 23.3. The van der Waals surface area contributed by atoms with Crippen molar-refractivity contribution in [1.82, 2.24) is 78.4 Å². The lowest BCUT2D eigenvalue weighted by molar-refractivity contribution is -0.140. The number of aliphatic carboxylic acids is 1. The summed E-state index contributed by atoms with van der Waals surface area (Å²) in [5, 5.41) is 63.0. The molecule has 3 aromatic heterocycles. The largest absolute Gasteiger partial charge is 0.508 e. The summed E-state index contributed by atoms with van der Waals surface area (Å²) in [5.74, 6) is -12.5. The van der Waals surface area contributed by atoms with Crippen LogP contribution in [-0.2, 0) is 88.0 Å². The van der Waals surface area contributed by atoms with E-state index in [0.29, 0.717) is 44.2 Å². The van der Waals surface area contributed by atoms with Crippen molar-refractivity contribution in [1.29, 1.82) is 0 Å². The van der Waals surface area contributed by atoms with Crippen molar-refractivity contribution in [3.63, 3.8) is 0 Å². The Kier molecular flexibility index (Phi) is 32.0. The number of H-pyrrole nitrogens is 3. The third kappa shape index (κ3) is 25.3. The Bertz CT molecular complexity index is 4090. The molecule has 0 radical (unpaired) electrons. The van der Waals surface area contributed by atoms with E-state index in [9.17, 15) is 63.3 Å². The number of carboxylic acids is 1.